The molecule has 2 aromatic heterocycles. The zero-order valence-electron chi connectivity index (χ0n) is 34.6. The highest BCUT2D eigenvalue weighted by molar-refractivity contribution is 6.74. The van der Waals surface area contributed by atoms with Crippen molar-refractivity contribution >= 4 is 31.8 Å². The molecule has 2 saturated heterocycles. The van der Waals surface area contributed by atoms with Crippen LogP contribution in [0.25, 0.3) is 22.6 Å². The highest BCUT2D eigenvalue weighted by atomic mass is 35.5. The van der Waals surface area contributed by atoms with Gasteiger partial charge < -0.3 is 28.2 Å². The van der Waals surface area contributed by atoms with E-state index in [1.165, 1.54) is 32.4 Å². The van der Waals surface area contributed by atoms with Crippen molar-refractivity contribution in [3.8, 4) is 28.4 Å². The van der Waals surface area contributed by atoms with Gasteiger partial charge in [-0.25, -0.2) is 14.8 Å². The third-order valence-electron chi connectivity index (χ3n) is 11.7. The normalized spacial score (nSPS) is 20.2. The lowest BCUT2D eigenvalue weighted by atomic mass is 9.86. The molecule has 6 rings (SSSR count). The third kappa shape index (κ3) is 8.92. The van der Waals surface area contributed by atoms with Crippen LogP contribution in [-0.4, -0.2) is 103 Å². The van der Waals surface area contributed by atoms with Crippen LogP contribution in [0.3, 0.4) is 0 Å². The molecule has 54 heavy (non-hydrogen) atoms. The lowest BCUT2D eigenvalue weighted by Crippen LogP contribution is -2.49. The van der Waals surface area contributed by atoms with E-state index in [2.05, 4.69) is 55.7 Å². The molecule has 13 heteroatoms. The molecular formula is C41H61ClN6O5Si. The van der Waals surface area contributed by atoms with Crippen molar-refractivity contribution in [1.29, 1.82) is 0 Å². The first-order chi connectivity index (χ1) is 25.2. The Labute approximate surface area is 328 Å². The maximum Gasteiger partial charge on any atom is 0.410 e. The molecule has 4 heterocycles. The number of carbonyl (C=O) groups is 1. The molecule has 1 amide bonds. The van der Waals surface area contributed by atoms with Gasteiger partial charge in [0.1, 0.15) is 29.5 Å². The van der Waals surface area contributed by atoms with E-state index in [1.54, 1.807) is 11.9 Å². The Hall–Kier alpha value is -3.19. The second kappa shape index (κ2) is 15.0. The summed E-state index contributed by atoms with van der Waals surface area (Å²) in [5.41, 5.74) is 3.83. The molecule has 2 aliphatic heterocycles. The molecule has 11 nitrogen and oxygen atoms in total. The summed E-state index contributed by atoms with van der Waals surface area (Å²) in [6.45, 7) is 27.4. The van der Waals surface area contributed by atoms with Gasteiger partial charge >= 0.3 is 6.09 Å². The Bertz CT molecular complexity index is 1830. The molecule has 1 aliphatic carbocycles. The average Bonchev–Trinajstić information content (AvgIpc) is 3.59. The van der Waals surface area contributed by atoms with Crippen LogP contribution < -0.4 is 9.64 Å². The highest BCUT2D eigenvalue weighted by Crippen LogP contribution is 2.46. The molecule has 1 spiro atoms. The minimum absolute atomic E-state index is 0.0358. The summed E-state index contributed by atoms with van der Waals surface area (Å²) >= 11 is 6.97. The second-order valence-electron chi connectivity index (χ2n) is 18.5. The van der Waals surface area contributed by atoms with Crippen LogP contribution in [0.5, 0.6) is 5.75 Å². The van der Waals surface area contributed by atoms with Crippen molar-refractivity contribution in [2.75, 3.05) is 51.3 Å². The van der Waals surface area contributed by atoms with Crippen LogP contribution in [0, 0.1) is 26.2 Å². The maximum atomic E-state index is 13.0. The van der Waals surface area contributed by atoms with Crippen molar-refractivity contribution in [2.45, 2.75) is 124 Å². The number of carbonyl (C=O) groups excluding carboxylic acids is 1. The van der Waals surface area contributed by atoms with Crippen molar-refractivity contribution in [3.05, 3.63) is 40.2 Å². The molecule has 1 saturated carbocycles. The number of aromatic nitrogens is 3. The van der Waals surface area contributed by atoms with Crippen molar-refractivity contribution in [2.24, 2.45) is 5.41 Å². The van der Waals surface area contributed by atoms with Crippen LogP contribution >= 0.6 is 11.6 Å². The van der Waals surface area contributed by atoms with Gasteiger partial charge in [0, 0.05) is 49.3 Å². The molecule has 3 aromatic rings. The summed E-state index contributed by atoms with van der Waals surface area (Å²) < 4.78 is 24.6. The first kappa shape index (κ1) is 40.5. The Morgan fingerprint density at radius 2 is 1.78 bits per heavy atom. The number of ether oxygens (including phenoxy) is 2. The number of halogens is 1. The molecule has 2 atom stereocenters. The Balaban J connectivity index is 1.30. The van der Waals surface area contributed by atoms with Gasteiger partial charge in [-0.15, -0.1) is 0 Å². The van der Waals surface area contributed by atoms with Gasteiger partial charge in [0.05, 0.1) is 34.6 Å². The molecule has 3 fully saturated rings. The molecule has 296 valence electrons. The molecule has 1 aromatic carbocycles. The first-order valence-electron chi connectivity index (χ1n) is 19.5. The lowest BCUT2D eigenvalue weighted by Gasteiger charge is -2.40. The minimum atomic E-state index is -2.23. The van der Waals surface area contributed by atoms with E-state index in [1.807, 2.05) is 52.8 Å². The van der Waals surface area contributed by atoms with Gasteiger partial charge in [-0.2, -0.15) is 0 Å². The number of rotatable bonds is 11. The van der Waals surface area contributed by atoms with Crippen molar-refractivity contribution in [1.82, 2.24) is 24.9 Å². The fourth-order valence-electron chi connectivity index (χ4n) is 7.56. The van der Waals surface area contributed by atoms with Crippen LogP contribution in [0.1, 0.15) is 84.2 Å². The van der Waals surface area contributed by atoms with E-state index in [0.29, 0.717) is 34.5 Å². The Morgan fingerprint density at radius 3 is 2.41 bits per heavy atom. The summed E-state index contributed by atoms with van der Waals surface area (Å²) in [7, 11) is -0.499. The third-order valence-corrected chi connectivity index (χ3v) is 16.6. The molecule has 1 unspecified atom stereocenters. The van der Waals surface area contributed by atoms with Gasteiger partial charge in [0.25, 0.3) is 0 Å². The van der Waals surface area contributed by atoms with Crippen LogP contribution in [0.4, 0.5) is 10.6 Å². The van der Waals surface area contributed by atoms with Crippen molar-refractivity contribution < 1.29 is 23.2 Å². The molecule has 0 radical (unpaired) electrons. The number of amides is 1. The van der Waals surface area contributed by atoms with Gasteiger partial charge in [-0.3, -0.25) is 4.90 Å². The second-order valence-corrected chi connectivity index (χ2v) is 23.6. The fraction of sp³-hybridized carbons (Fsp3) is 0.659. The van der Waals surface area contributed by atoms with E-state index in [9.17, 15) is 4.79 Å². The Morgan fingerprint density at radius 1 is 1.07 bits per heavy atom. The first-order valence-corrected chi connectivity index (χ1v) is 22.8. The van der Waals surface area contributed by atoms with Gasteiger partial charge in [0.2, 0.25) is 0 Å². The van der Waals surface area contributed by atoms with E-state index in [4.69, 9.17) is 40.0 Å². The number of hydrogen-bond donors (Lipinski definition) is 0. The summed E-state index contributed by atoms with van der Waals surface area (Å²) in [6, 6.07) is 6.38. The number of benzene rings is 1. The number of likely N-dealkylation sites (tertiary alicyclic amines) is 1. The van der Waals surface area contributed by atoms with Crippen LogP contribution in [-0.2, 0) is 9.16 Å². The molecule has 0 N–H and O–H groups in total. The lowest BCUT2D eigenvalue weighted by molar-refractivity contribution is 0.0172. The number of anilines is 1. The smallest absolute Gasteiger partial charge is 0.410 e. The zero-order chi connectivity index (χ0) is 39.4. The highest BCUT2D eigenvalue weighted by Gasteiger charge is 2.47. The fourth-order valence-corrected chi connectivity index (χ4v) is 9.09. The van der Waals surface area contributed by atoms with E-state index < -0.39 is 26.1 Å². The summed E-state index contributed by atoms with van der Waals surface area (Å²) in [5.74, 6) is 2.76. The zero-order valence-corrected chi connectivity index (χ0v) is 36.3. The standard InChI is InChI=1S/C41H61ClN6O5Si/c1-26-35(34-27(2)45-52-28(34)3)43-36(44-37(26)48-20-18-41(25-48)17-19-47(24-41)29-13-14-29)32-21-30(15-16-33(32)42)50-23-31(53-54(11,12)40(7,8)9)22-46(10)38(49)51-39(4,5)6/h15-16,21,29,31H,13-14,17-20,22-25H2,1-12H3/t31-,41?/m1/s1. The summed E-state index contributed by atoms with van der Waals surface area (Å²) in [5, 5.41) is 4.76. The topological polar surface area (TPSA) is 106 Å². The molecule has 3 aliphatic rings. The number of aryl methyl sites for hydroxylation is 2. The SMILES string of the molecule is Cc1noc(C)c1-c1nc(-c2cc(OC[C@@H](CN(C)C(=O)OC(C)(C)C)O[Si](C)(C)C(C)(C)C)ccc2Cl)nc(N2CCC3(CCN(C4CC4)C3)C2)c1C. The molecule has 0 bridgehead atoms. The predicted octanol–water partition coefficient (Wildman–Crippen LogP) is 9.08. The summed E-state index contributed by atoms with van der Waals surface area (Å²) in [6.07, 6.45) is 4.26. The number of hydrogen-bond acceptors (Lipinski definition) is 10. The largest absolute Gasteiger partial charge is 0.491 e. The number of nitrogens with zero attached hydrogens (tertiary/aromatic N) is 6. The monoisotopic (exact) mass is 780 g/mol. The van der Waals surface area contributed by atoms with E-state index >= 15 is 0 Å². The predicted molar refractivity (Wildman–Crippen MR) is 217 cm³/mol. The maximum absolute atomic E-state index is 13.0. The van der Waals surface area contributed by atoms with Gasteiger partial charge in [-0.1, -0.05) is 37.5 Å². The summed E-state index contributed by atoms with van der Waals surface area (Å²) in [4.78, 5) is 30.1. The van der Waals surface area contributed by atoms with Crippen LogP contribution in [0.15, 0.2) is 22.7 Å². The van der Waals surface area contributed by atoms with Gasteiger partial charge in [0.15, 0.2) is 14.1 Å². The van der Waals surface area contributed by atoms with E-state index in [-0.39, 0.29) is 17.1 Å². The quantitative estimate of drug-likeness (QED) is 0.175. The minimum Gasteiger partial charge on any atom is -0.491 e. The van der Waals surface area contributed by atoms with Gasteiger partial charge in [-0.05, 0) is 110 Å². The Kier molecular flexibility index (Phi) is 11.3. The van der Waals surface area contributed by atoms with Crippen molar-refractivity contribution in [3.63, 3.8) is 0 Å². The molecular weight excluding hydrogens is 720 g/mol. The number of likely N-dealkylation sites (N-methyl/N-ethyl adjacent to an activating group) is 1. The van der Waals surface area contributed by atoms with E-state index in [0.717, 1.165) is 53.9 Å². The van der Waals surface area contributed by atoms with Crippen LogP contribution in [0.2, 0.25) is 23.2 Å². The average molecular weight is 782 g/mol.